The summed E-state index contributed by atoms with van der Waals surface area (Å²) in [5.74, 6) is 0.541. The molecule has 0 aromatic heterocycles. The fourth-order valence-corrected chi connectivity index (χ4v) is 2.15. The van der Waals surface area contributed by atoms with Gasteiger partial charge in [0.25, 0.3) is 5.69 Å². The first-order chi connectivity index (χ1) is 8.66. The third-order valence-corrected chi connectivity index (χ3v) is 3.27. The second-order valence-corrected chi connectivity index (χ2v) is 4.71. The molecule has 0 bridgehead atoms. The number of rotatable bonds is 4. The smallest absolute Gasteiger partial charge is 0.292 e. The van der Waals surface area contributed by atoms with E-state index in [1.165, 1.54) is 0 Å². The number of nitro benzene ring substituents is 1. The molecule has 0 aliphatic carbocycles. The molecule has 0 spiro atoms. The summed E-state index contributed by atoms with van der Waals surface area (Å²) in [4.78, 5) is 10.6. The van der Waals surface area contributed by atoms with Crippen LogP contribution in [0.5, 0.6) is 0 Å². The van der Waals surface area contributed by atoms with E-state index in [2.05, 4.69) is 5.32 Å². The summed E-state index contributed by atoms with van der Waals surface area (Å²) in [6, 6.07) is 5.28. The van der Waals surface area contributed by atoms with Crippen LogP contribution in [0.2, 0.25) is 0 Å². The fourth-order valence-electron chi connectivity index (χ4n) is 2.15. The van der Waals surface area contributed by atoms with E-state index in [0.29, 0.717) is 11.6 Å². The number of nitrogens with zero attached hydrogens (tertiary/aromatic N) is 1. The number of hydrogen-bond donors (Lipinski definition) is 1. The molecule has 1 aliphatic heterocycles. The van der Waals surface area contributed by atoms with Gasteiger partial charge in [-0.2, -0.15) is 0 Å². The Morgan fingerprint density at radius 1 is 1.44 bits per heavy atom. The Balaban J connectivity index is 2.01. The van der Waals surface area contributed by atoms with Crippen molar-refractivity contribution in [2.24, 2.45) is 5.92 Å². The van der Waals surface area contributed by atoms with Gasteiger partial charge in [-0.05, 0) is 37.3 Å². The first-order valence-electron chi connectivity index (χ1n) is 6.23. The van der Waals surface area contributed by atoms with Crippen molar-refractivity contribution in [3.8, 4) is 0 Å². The topological polar surface area (TPSA) is 64.4 Å². The van der Waals surface area contributed by atoms with Crippen molar-refractivity contribution in [3.05, 3.63) is 33.9 Å². The quantitative estimate of drug-likeness (QED) is 0.659. The molecule has 0 saturated carbocycles. The lowest BCUT2D eigenvalue weighted by Crippen LogP contribution is -2.22. The number of nitrogens with one attached hydrogen (secondary N) is 1. The van der Waals surface area contributed by atoms with Gasteiger partial charge in [-0.15, -0.1) is 0 Å². The van der Waals surface area contributed by atoms with Crippen LogP contribution < -0.4 is 5.32 Å². The van der Waals surface area contributed by atoms with E-state index >= 15 is 0 Å². The molecule has 5 heteroatoms. The molecule has 0 unspecified atom stereocenters. The van der Waals surface area contributed by atoms with Crippen LogP contribution in [0.1, 0.15) is 18.4 Å². The van der Waals surface area contributed by atoms with Crippen LogP contribution >= 0.6 is 0 Å². The highest BCUT2D eigenvalue weighted by atomic mass is 16.6. The normalized spacial score (nSPS) is 16.5. The Kier molecular flexibility index (Phi) is 4.15. The van der Waals surface area contributed by atoms with Crippen molar-refractivity contribution in [1.82, 2.24) is 0 Å². The monoisotopic (exact) mass is 250 g/mol. The molecule has 0 radical (unpaired) electrons. The van der Waals surface area contributed by atoms with Crippen molar-refractivity contribution >= 4 is 11.4 Å². The third-order valence-electron chi connectivity index (χ3n) is 3.27. The second-order valence-electron chi connectivity index (χ2n) is 4.71. The third kappa shape index (κ3) is 3.20. The molecule has 1 saturated heterocycles. The molecule has 1 aromatic carbocycles. The molecule has 18 heavy (non-hydrogen) atoms. The highest BCUT2D eigenvalue weighted by molar-refractivity contribution is 5.62. The number of anilines is 1. The van der Waals surface area contributed by atoms with Crippen LogP contribution in [0, 0.1) is 23.0 Å². The van der Waals surface area contributed by atoms with E-state index in [0.717, 1.165) is 38.2 Å². The maximum Gasteiger partial charge on any atom is 0.292 e. The largest absolute Gasteiger partial charge is 0.381 e. The molecule has 98 valence electrons. The summed E-state index contributed by atoms with van der Waals surface area (Å²) in [7, 11) is 0. The SMILES string of the molecule is Cc1ccc(NCC2CCOCC2)c([N+](=O)[O-])c1. The lowest BCUT2D eigenvalue weighted by Gasteiger charge is -2.22. The molecule has 2 rings (SSSR count). The van der Waals surface area contributed by atoms with E-state index in [-0.39, 0.29) is 10.6 Å². The molecule has 1 fully saturated rings. The van der Waals surface area contributed by atoms with Crippen molar-refractivity contribution in [2.45, 2.75) is 19.8 Å². The molecule has 1 aliphatic rings. The predicted octanol–water partition coefficient (Wildman–Crippen LogP) is 2.74. The van der Waals surface area contributed by atoms with Crippen LogP contribution in [0.4, 0.5) is 11.4 Å². The van der Waals surface area contributed by atoms with Gasteiger partial charge in [0.05, 0.1) is 4.92 Å². The second kappa shape index (κ2) is 5.82. The standard InChI is InChI=1S/C13H18N2O3/c1-10-2-3-12(13(8-10)15(16)17)14-9-11-4-6-18-7-5-11/h2-3,8,11,14H,4-7,9H2,1H3. The van der Waals surface area contributed by atoms with Crippen molar-refractivity contribution in [2.75, 3.05) is 25.1 Å². The maximum atomic E-state index is 11.0. The highest BCUT2D eigenvalue weighted by Crippen LogP contribution is 2.26. The van der Waals surface area contributed by atoms with E-state index in [1.54, 1.807) is 12.1 Å². The minimum absolute atomic E-state index is 0.155. The van der Waals surface area contributed by atoms with Crippen molar-refractivity contribution < 1.29 is 9.66 Å². The average Bonchev–Trinajstić information content (AvgIpc) is 2.38. The zero-order valence-corrected chi connectivity index (χ0v) is 10.5. The molecule has 1 N–H and O–H groups in total. The van der Waals surface area contributed by atoms with Crippen LogP contribution in [0.15, 0.2) is 18.2 Å². The predicted molar refractivity (Wildman–Crippen MR) is 69.9 cm³/mol. The van der Waals surface area contributed by atoms with Gasteiger partial charge in [-0.3, -0.25) is 10.1 Å². The van der Waals surface area contributed by atoms with Gasteiger partial charge in [-0.25, -0.2) is 0 Å². The van der Waals surface area contributed by atoms with E-state index in [9.17, 15) is 10.1 Å². The zero-order valence-electron chi connectivity index (χ0n) is 10.5. The lowest BCUT2D eigenvalue weighted by atomic mass is 10.0. The summed E-state index contributed by atoms with van der Waals surface area (Å²) in [5, 5.41) is 14.2. The van der Waals surface area contributed by atoms with Gasteiger partial charge < -0.3 is 10.1 Å². The van der Waals surface area contributed by atoms with Gasteiger partial charge in [0.1, 0.15) is 5.69 Å². The van der Waals surface area contributed by atoms with E-state index in [4.69, 9.17) is 4.74 Å². The molecule has 0 amide bonds. The average molecular weight is 250 g/mol. The van der Waals surface area contributed by atoms with Crippen LogP contribution in [-0.2, 0) is 4.74 Å². The number of nitro groups is 1. The highest BCUT2D eigenvalue weighted by Gasteiger charge is 2.17. The van der Waals surface area contributed by atoms with E-state index < -0.39 is 0 Å². The van der Waals surface area contributed by atoms with Crippen molar-refractivity contribution in [1.29, 1.82) is 0 Å². The van der Waals surface area contributed by atoms with E-state index in [1.807, 2.05) is 13.0 Å². The maximum absolute atomic E-state index is 11.0. The molecular weight excluding hydrogens is 232 g/mol. The first-order valence-corrected chi connectivity index (χ1v) is 6.23. The Morgan fingerprint density at radius 2 is 2.17 bits per heavy atom. The molecule has 1 heterocycles. The molecule has 5 nitrogen and oxygen atoms in total. The van der Waals surface area contributed by atoms with Crippen LogP contribution in [0.25, 0.3) is 0 Å². The van der Waals surface area contributed by atoms with Gasteiger partial charge >= 0.3 is 0 Å². The minimum Gasteiger partial charge on any atom is -0.381 e. The Labute approximate surface area is 106 Å². The Bertz CT molecular complexity index is 428. The Hall–Kier alpha value is -1.62. The minimum atomic E-state index is -0.334. The van der Waals surface area contributed by atoms with Crippen LogP contribution in [0.3, 0.4) is 0 Å². The fraction of sp³-hybridized carbons (Fsp3) is 0.538. The lowest BCUT2D eigenvalue weighted by molar-refractivity contribution is -0.384. The Morgan fingerprint density at radius 3 is 2.83 bits per heavy atom. The summed E-state index contributed by atoms with van der Waals surface area (Å²) < 4.78 is 5.29. The number of hydrogen-bond acceptors (Lipinski definition) is 4. The molecule has 0 atom stereocenters. The van der Waals surface area contributed by atoms with Gasteiger partial charge in [0.15, 0.2) is 0 Å². The van der Waals surface area contributed by atoms with Gasteiger partial charge in [0.2, 0.25) is 0 Å². The number of aryl methyl sites for hydroxylation is 1. The summed E-state index contributed by atoms with van der Waals surface area (Å²) in [6.45, 7) is 4.22. The summed E-state index contributed by atoms with van der Waals surface area (Å²) in [6.07, 6.45) is 2.04. The summed E-state index contributed by atoms with van der Waals surface area (Å²) >= 11 is 0. The zero-order chi connectivity index (χ0) is 13.0. The summed E-state index contributed by atoms with van der Waals surface area (Å²) in [5.41, 5.74) is 1.66. The number of benzene rings is 1. The van der Waals surface area contributed by atoms with Gasteiger partial charge in [-0.1, -0.05) is 6.07 Å². The van der Waals surface area contributed by atoms with Crippen molar-refractivity contribution in [3.63, 3.8) is 0 Å². The number of ether oxygens (including phenoxy) is 1. The first kappa shape index (κ1) is 12.8. The van der Waals surface area contributed by atoms with Gasteiger partial charge in [0, 0.05) is 25.8 Å². The van der Waals surface area contributed by atoms with Crippen LogP contribution in [-0.4, -0.2) is 24.7 Å². The molecule has 1 aromatic rings. The molecular formula is C13H18N2O3.